The number of ether oxygens (including phenoxy) is 1. The third-order valence-electron chi connectivity index (χ3n) is 5.67. The Kier molecular flexibility index (Phi) is 5.48. The molecule has 28 heavy (non-hydrogen) atoms. The maximum Gasteiger partial charge on any atom is 0.265 e. The Balaban J connectivity index is 1.45. The van der Waals surface area contributed by atoms with Crippen LogP contribution in [-0.2, 0) is 11.2 Å². The summed E-state index contributed by atoms with van der Waals surface area (Å²) in [6, 6.07) is 9.80. The minimum absolute atomic E-state index is 0.134. The first-order valence-corrected chi connectivity index (χ1v) is 10.0. The van der Waals surface area contributed by atoms with Crippen LogP contribution in [0.5, 0.6) is 5.75 Å². The number of aromatic nitrogens is 1. The van der Waals surface area contributed by atoms with Crippen LogP contribution in [0.1, 0.15) is 30.4 Å². The number of carbonyl (C=O) groups is 1. The molecule has 148 valence electrons. The third-order valence-corrected chi connectivity index (χ3v) is 5.67. The van der Waals surface area contributed by atoms with E-state index in [-0.39, 0.29) is 12.5 Å². The number of nitrogens with zero attached hydrogens (tertiary/aromatic N) is 2. The van der Waals surface area contributed by atoms with Crippen LogP contribution < -0.4 is 15.0 Å². The van der Waals surface area contributed by atoms with Crippen molar-refractivity contribution in [3.63, 3.8) is 0 Å². The zero-order valence-corrected chi connectivity index (χ0v) is 16.2. The van der Waals surface area contributed by atoms with Crippen molar-refractivity contribution in [1.82, 2.24) is 4.98 Å². The van der Waals surface area contributed by atoms with Crippen molar-refractivity contribution in [3.05, 3.63) is 47.7 Å². The van der Waals surface area contributed by atoms with Gasteiger partial charge in [-0.25, -0.2) is 4.98 Å². The fourth-order valence-corrected chi connectivity index (χ4v) is 3.99. The number of aliphatic hydroxyl groups is 1. The number of pyridine rings is 1. The van der Waals surface area contributed by atoms with Crippen LogP contribution in [-0.4, -0.2) is 41.8 Å². The van der Waals surface area contributed by atoms with E-state index >= 15 is 0 Å². The van der Waals surface area contributed by atoms with E-state index in [1.807, 2.05) is 24.3 Å². The fourth-order valence-electron chi connectivity index (χ4n) is 3.99. The molecule has 1 atom stereocenters. The average molecular weight is 381 g/mol. The van der Waals surface area contributed by atoms with E-state index in [0.29, 0.717) is 18.0 Å². The van der Waals surface area contributed by atoms with Gasteiger partial charge in [0.2, 0.25) is 0 Å². The number of nitrogens with one attached hydrogen (secondary N) is 1. The van der Waals surface area contributed by atoms with Gasteiger partial charge in [0.15, 0.2) is 11.9 Å². The maximum atomic E-state index is 12.9. The average Bonchev–Trinajstić information content (AvgIpc) is 2.74. The van der Waals surface area contributed by atoms with E-state index in [1.54, 1.807) is 6.20 Å². The summed E-state index contributed by atoms with van der Waals surface area (Å²) in [5.41, 5.74) is 3.08. The van der Waals surface area contributed by atoms with Gasteiger partial charge in [0.05, 0.1) is 5.69 Å². The van der Waals surface area contributed by atoms with Crippen molar-refractivity contribution in [2.45, 2.75) is 38.7 Å². The van der Waals surface area contributed by atoms with Gasteiger partial charge in [0.1, 0.15) is 5.75 Å². The van der Waals surface area contributed by atoms with E-state index in [2.05, 4.69) is 28.2 Å². The predicted octanol–water partition coefficient (Wildman–Crippen LogP) is 2.93. The highest BCUT2D eigenvalue weighted by molar-refractivity contribution is 5.97. The van der Waals surface area contributed by atoms with Crippen LogP contribution in [0.3, 0.4) is 0 Å². The van der Waals surface area contributed by atoms with Crippen LogP contribution in [0.25, 0.3) is 0 Å². The summed E-state index contributed by atoms with van der Waals surface area (Å²) in [5.74, 6) is 1.82. The van der Waals surface area contributed by atoms with Gasteiger partial charge < -0.3 is 20.1 Å². The number of anilines is 2. The third kappa shape index (κ3) is 3.97. The number of benzene rings is 1. The Bertz CT molecular complexity index is 847. The minimum atomic E-state index is -0.497. The quantitative estimate of drug-likeness (QED) is 0.852. The summed E-state index contributed by atoms with van der Waals surface area (Å²) < 4.78 is 5.96. The predicted molar refractivity (Wildman–Crippen MR) is 109 cm³/mol. The molecule has 2 aromatic rings. The first kappa shape index (κ1) is 18.7. The van der Waals surface area contributed by atoms with Crippen LogP contribution in [0, 0.1) is 12.8 Å². The van der Waals surface area contributed by atoms with Crippen molar-refractivity contribution in [2.75, 3.05) is 29.9 Å². The summed E-state index contributed by atoms with van der Waals surface area (Å²) >= 11 is 0. The molecule has 0 radical (unpaired) electrons. The molecule has 2 aliphatic rings. The highest BCUT2D eigenvalue weighted by atomic mass is 16.5. The molecule has 0 saturated carbocycles. The van der Waals surface area contributed by atoms with Gasteiger partial charge in [-0.2, -0.15) is 0 Å². The number of piperidine rings is 1. The smallest absolute Gasteiger partial charge is 0.265 e. The van der Waals surface area contributed by atoms with Crippen LogP contribution in [0.2, 0.25) is 0 Å². The van der Waals surface area contributed by atoms with Crippen molar-refractivity contribution in [2.24, 2.45) is 5.92 Å². The van der Waals surface area contributed by atoms with Crippen LogP contribution >= 0.6 is 0 Å². The Morgan fingerprint density at radius 3 is 2.89 bits per heavy atom. The molecule has 1 unspecified atom stereocenters. The van der Waals surface area contributed by atoms with Gasteiger partial charge in [0, 0.05) is 25.9 Å². The lowest BCUT2D eigenvalue weighted by atomic mass is 9.98. The molecule has 1 amide bonds. The zero-order chi connectivity index (χ0) is 19.5. The van der Waals surface area contributed by atoms with E-state index in [4.69, 9.17) is 4.74 Å². The van der Waals surface area contributed by atoms with Crippen LogP contribution in [0.15, 0.2) is 36.5 Å². The molecule has 2 aliphatic heterocycles. The summed E-state index contributed by atoms with van der Waals surface area (Å²) in [6.45, 7) is 3.96. The van der Waals surface area contributed by atoms with E-state index in [9.17, 15) is 9.90 Å². The fraction of sp³-hybridized carbons (Fsp3) is 0.455. The topological polar surface area (TPSA) is 74.7 Å². The Labute approximate surface area is 165 Å². The van der Waals surface area contributed by atoms with Crippen molar-refractivity contribution >= 4 is 17.4 Å². The van der Waals surface area contributed by atoms with Gasteiger partial charge in [-0.05, 0) is 62.3 Å². The van der Waals surface area contributed by atoms with E-state index in [0.717, 1.165) is 49.5 Å². The molecule has 4 rings (SSSR count). The standard InChI is InChI=1S/C22H27N3O3/c1-15-4-6-19-17(13-15)5-7-20(28-19)22(27)24-18-3-2-10-23-21(18)25-11-8-16(14-26)9-12-25/h2-4,6,10,13,16,20,26H,5,7-9,11-12,14H2,1H3,(H,24,27). The molecular formula is C22H27N3O3. The summed E-state index contributed by atoms with van der Waals surface area (Å²) in [5, 5.41) is 12.4. The van der Waals surface area contributed by atoms with Gasteiger partial charge in [-0.1, -0.05) is 17.7 Å². The molecule has 1 aromatic heterocycles. The monoisotopic (exact) mass is 381 g/mol. The summed E-state index contributed by atoms with van der Waals surface area (Å²) in [4.78, 5) is 19.5. The molecule has 0 spiro atoms. The van der Waals surface area contributed by atoms with Gasteiger partial charge in [-0.3, -0.25) is 4.79 Å². The van der Waals surface area contributed by atoms with E-state index < -0.39 is 6.10 Å². The maximum absolute atomic E-state index is 12.9. The number of rotatable bonds is 4. The molecule has 1 fully saturated rings. The molecule has 3 heterocycles. The lowest BCUT2D eigenvalue weighted by Crippen LogP contribution is -2.38. The number of hydrogen-bond acceptors (Lipinski definition) is 5. The first-order chi connectivity index (χ1) is 13.6. The lowest BCUT2D eigenvalue weighted by molar-refractivity contribution is -0.123. The second kappa shape index (κ2) is 8.19. The molecule has 6 nitrogen and oxygen atoms in total. The second-order valence-corrected chi connectivity index (χ2v) is 7.73. The SMILES string of the molecule is Cc1ccc2c(c1)CCC(C(=O)Nc1cccnc1N1CCC(CO)CC1)O2. The number of aliphatic hydroxyl groups excluding tert-OH is 1. The molecule has 0 aliphatic carbocycles. The highest BCUT2D eigenvalue weighted by Gasteiger charge is 2.28. The second-order valence-electron chi connectivity index (χ2n) is 7.73. The molecule has 1 aromatic carbocycles. The number of hydrogen-bond donors (Lipinski definition) is 2. The van der Waals surface area contributed by atoms with Crippen molar-refractivity contribution in [1.29, 1.82) is 0 Å². The van der Waals surface area contributed by atoms with Crippen molar-refractivity contribution in [3.8, 4) is 5.75 Å². The lowest BCUT2D eigenvalue weighted by Gasteiger charge is -2.33. The Morgan fingerprint density at radius 2 is 2.11 bits per heavy atom. The molecular weight excluding hydrogens is 354 g/mol. The number of aryl methyl sites for hydroxylation is 2. The molecule has 2 N–H and O–H groups in total. The largest absolute Gasteiger partial charge is 0.480 e. The first-order valence-electron chi connectivity index (χ1n) is 10.0. The van der Waals surface area contributed by atoms with Gasteiger partial charge >= 0.3 is 0 Å². The summed E-state index contributed by atoms with van der Waals surface area (Å²) in [7, 11) is 0. The number of amides is 1. The molecule has 6 heteroatoms. The Hall–Kier alpha value is -2.60. The summed E-state index contributed by atoms with van der Waals surface area (Å²) in [6.07, 6.45) is 4.62. The van der Waals surface area contributed by atoms with Gasteiger partial charge in [-0.15, -0.1) is 0 Å². The molecule has 0 bridgehead atoms. The van der Waals surface area contributed by atoms with Crippen LogP contribution in [0.4, 0.5) is 11.5 Å². The highest BCUT2D eigenvalue weighted by Crippen LogP contribution is 2.31. The zero-order valence-electron chi connectivity index (χ0n) is 16.2. The minimum Gasteiger partial charge on any atom is -0.480 e. The molecule has 1 saturated heterocycles. The Morgan fingerprint density at radius 1 is 1.29 bits per heavy atom. The van der Waals surface area contributed by atoms with Gasteiger partial charge in [0.25, 0.3) is 5.91 Å². The number of carbonyl (C=O) groups excluding carboxylic acids is 1. The normalized spacial score (nSPS) is 19.6. The van der Waals surface area contributed by atoms with E-state index in [1.165, 1.54) is 5.56 Å². The van der Waals surface area contributed by atoms with Crippen molar-refractivity contribution < 1.29 is 14.6 Å². The number of fused-ring (bicyclic) bond motifs is 1.